The maximum absolute atomic E-state index is 11.9. The summed E-state index contributed by atoms with van der Waals surface area (Å²) in [5.74, 6) is 1.80. The van der Waals surface area contributed by atoms with Crippen LogP contribution in [0.4, 0.5) is 0 Å². The lowest BCUT2D eigenvalue weighted by Gasteiger charge is -2.21. The van der Waals surface area contributed by atoms with Crippen LogP contribution in [0.3, 0.4) is 0 Å². The summed E-state index contributed by atoms with van der Waals surface area (Å²) in [4.78, 5) is 20.3. The van der Waals surface area contributed by atoms with Gasteiger partial charge in [0.2, 0.25) is 11.8 Å². The van der Waals surface area contributed by atoms with Gasteiger partial charge in [-0.05, 0) is 38.5 Å². The molecule has 0 fully saturated rings. The second-order valence-corrected chi connectivity index (χ2v) is 7.59. The number of aromatic nitrogens is 1. The van der Waals surface area contributed by atoms with Gasteiger partial charge in [-0.25, -0.2) is 4.98 Å². The van der Waals surface area contributed by atoms with Gasteiger partial charge >= 0.3 is 0 Å². The Bertz CT molecular complexity index is 808. The van der Waals surface area contributed by atoms with Crippen LogP contribution < -0.4 is 25.4 Å². The fraction of sp³-hybridized carbons (Fsp3) is 0.409. The van der Waals surface area contributed by atoms with Crippen molar-refractivity contribution >= 4 is 35.8 Å². The maximum Gasteiger partial charge on any atom is 0.239 e. The smallest absolute Gasteiger partial charge is 0.239 e. The molecule has 0 unspecified atom stereocenters. The summed E-state index contributed by atoms with van der Waals surface area (Å²) >= 11 is 0. The van der Waals surface area contributed by atoms with E-state index < -0.39 is 0 Å². The van der Waals surface area contributed by atoms with Gasteiger partial charge in [0.05, 0.1) is 6.54 Å². The highest BCUT2D eigenvalue weighted by Crippen LogP contribution is 2.10. The Balaban J connectivity index is 0.00000480. The lowest BCUT2D eigenvalue weighted by atomic mass is 10.1. The van der Waals surface area contributed by atoms with E-state index in [4.69, 9.17) is 9.47 Å². The van der Waals surface area contributed by atoms with Crippen LogP contribution in [-0.2, 0) is 11.3 Å². The first-order valence-electron chi connectivity index (χ1n) is 9.87. The predicted octanol–water partition coefficient (Wildman–Crippen LogP) is 2.74. The number of aliphatic imine (C=N–C) groups is 1. The fourth-order valence-electron chi connectivity index (χ4n) is 2.46. The number of hydrogen-bond donors (Lipinski definition) is 3. The summed E-state index contributed by atoms with van der Waals surface area (Å²) in [6, 6.07) is 13.3. The lowest BCUT2D eigenvalue weighted by Crippen LogP contribution is -2.48. The number of halogens is 1. The van der Waals surface area contributed by atoms with Crippen molar-refractivity contribution in [2.45, 2.75) is 32.9 Å². The number of hydrogen-bond acceptors (Lipinski definition) is 5. The quantitative estimate of drug-likeness (QED) is 0.196. The summed E-state index contributed by atoms with van der Waals surface area (Å²) < 4.78 is 11.2. The number of pyridine rings is 1. The Labute approximate surface area is 201 Å². The molecule has 0 radical (unpaired) electrons. The lowest BCUT2D eigenvalue weighted by molar-refractivity contribution is -0.121. The molecule has 0 aliphatic rings. The molecule has 0 aliphatic carbocycles. The number of para-hydroxylation sites is 1. The van der Waals surface area contributed by atoms with Crippen molar-refractivity contribution in [2.75, 3.05) is 26.8 Å². The summed E-state index contributed by atoms with van der Waals surface area (Å²) in [7, 11) is 1.66. The van der Waals surface area contributed by atoms with E-state index in [0.717, 1.165) is 11.3 Å². The molecule has 1 aromatic heterocycles. The Morgan fingerprint density at radius 1 is 1.03 bits per heavy atom. The van der Waals surface area contributed by atoms with Crippen LogP contribution in [0, 0.1) is 0 Å². The molecular formula is C22H32IN5O3. The molecule has 9 heteroatoms. The Morgan fingerprint density at radius 2 is 1.74 bits per heavy atom. The third kappa shape index (κ3) is 11.4. The molecule has 0 spiro atoms. The molecule has 0 bridgehead atoms. The van der Waals surface area contributed by atoms with E-state index in [2.05, 4.69) is 25.9 Å². The van der Waals surface area contributed by atoms with Crippen molar-refractivity contribution in [2.24, 2.45) is 4.99 Å². The largest absolute Gasteiger partial charge is 0.490 e. The number of nitrogens with zero attached hydrogens (tertiary/aromatic N) is 2. The van der Waals surface area contributed by atoms with Gasteiger partial charge in [-0.15, -0.1) is 24.0 Å². The van der Waals surface area contributed by atoms with E-state index >= 15 is 0 Å². The van der Waals surface area contributed by atoms with Gasteiger partial charge in [0.15, 0.2) is 5.96 Å². The normalized spacial score (nSPS) is 11.2. The molecule has 3 N–H and O–H groups in total. The highest BCUT2D eigenvalue weighted by molar-refractivity contribution is 14.0. The summed E-state index contributed by atoms with van der Waals surface area (Å²) in [5.41, 5.74) is 0.698. The third-order valence-electron chi connectivity index (χ3n) is 3.76. The van der Waals surface area contributed by atoms with Gasteiger partial charge in [-0.1, -0.05) is 24.3 Å². The van der Waals surface area contributed by atoms with E-state index in [1.165, 1.54) is 0 Å². The van der Waals surface area contributed by atoms with Crippen molar-refractivity contribution in [1.29, 1.82) is 0 Å². The number of ether oxygens (including phenoxy) is 2. The molecule has 0 aliphatic heterocycles. The molecule has 2 aromatic rings. The summed E-state index contributed by atoms with van der Waals surface area (Å²) in [6.45, 7) is 7.34. The number of guanidine groups is 1. The first-order chi connectivity index (χ1) is 14.4. The molecule has 0 saturated carbocycles. The van der Waals surface area contributed by atoms with Crippen LogP contribution >= 0.6 is 24.0 Å². The van der Waals surface area contributed by atoms with Crippen LogP contribution in [0.15, 0.2) is 53.7 Å². The molecule has 1 amide bonds. The van der Waals surface area contributed by atoms with Crippen molar-refractivity contribution in [3.63, 3.8) is 0 Å². The SMILES string of the molecule is CN=C(NCC(=O)NC(C)(C)C)NCc1ccc(OCCOc2ccccc2)nc1.I. The number of nitrogens with one attached hydrogen (secondary N) is 3. The standard InChI is InChI=1S/C22H31N5O3.HI/c1-22(2,3)27-19(28)16-26-21(23-4)25-15-17-10-11-20(24-14-17)30-13-12-29-18-8-6-5-7-9-18;/h5-11,14H,12-13,15-16H2,1-4H3,(H,27,28)(H2,23,25,26);1H. The maximum atomic E-state index is 11.9. The zero-order valence-electron chi connectivity index (χ0n) is 18.5. The number of carbonyl (C=O) groups excluding carboxylic acids is 1. The molecule has 31 heavy (non-hydrogen) atoms. The van der Waals surface area contributed by atoms with Crippen molar-refractivity contribution in [3.05, 3.63) is 54.2 Å². The molecule has 0 atom stereocenters. The Kier molecular flexibility index (Phi) is 11.7. The first kappa shape index (κ1) is 26.5. The van der Waals surface area contributed by atoms with E-state index in [9.17, 15) is 4.79 Å². The van der Waals surface area contributed by atoms with Gasteiger partial charge in [0.1, 0.15) is 19.0 Å². The van der Waals surface area contributed by atoms with Gasteiger partial charge in [-0.3, -0.25) is 9.79 Å². The van der Waals surface area contributed by atoms with Crippen molar-refractivity contribution in [3.8, 4) is 11.6 Å². The van der Waals surface area contributed by atoms with E-state index in [0.29, 0.717) is 31.6 Å². The van der Waals surface area contributed by atoms with Crippen LogP contribution in [0.5, 0.6) is 11.6 Å². The first-order valence-corrected chi connectivity index (χ1v) is 9.87. The molecule has 0 saturated heterocycles. The molecule has 8 nitrogen and oxygen atoms in total. The minimum Gasteiger partial charge on any atom is -0.490 e. The van der Waals surface area contributed by atoms with Crippen LogP contribution in [0.1, 0.15) is 26.3 Å². The molecule has 170 valence electrons. The third-order valence-corrected chi connectivity index (χ3v) is 3.76. The highest BCUT2D eigenvalue weighted by Gasteiger charge is 2.13. The number of amides is 1. The Morgan fingerprint density at radius 3 is 2.35 bits per heavy atom. The number of rotatable bonds is 9. The van der Waals surface area contributed by atoms with Gasteiger partial charge in [0, 0.05) is 31.4 Å². The van der Waals surface area contributed by atoms with E-state index in [1.54, 1.807) is 13.2 Å². The number of carbonyl (C=O) groups is 1. The minimum absolute atomic E-state index is 0. The summed E-state index contributed by atoms with van der Waals surface area (Å²) in [5, 5.41) is 9.03. The topological polar surface area (TPSA) is 96.9 Å². The van der Waals surface area contributed by atoms with Crippen molar-refractivity contribution < 1.29 is 14.3 Å². The average Bonchev–Trinajstić information content (AvgIpc) is 2.72. The summed E-state index contributed by atoms with van der Waals surface area (Å²) in [6.07, 6.45) is 1.74. The van der Waals surface area contributed by atoms with Crippen molar-refractivity contribution in [1.82, 2.24) is 20.9 Å². The van der Waals surface area contributed by atoms with Gasteiger partial charge in [0.25, 0.3) is 0 Å². The van der Waals surface area contributed by atoms with E-state index in [1.807, 2.05) is 63.2 Å². The van der Waals surface area contributed by atoms with Gasteiger partial charge < -0.3 is 25.4 Å². The predicted molar refractivity (Wildman–Crippen MR) is 133 cm³/mol. The molecular weight excluding hydrogens is 509 g/mol. The average molecular weight is 541 g/mol. The second kappa shape index (κ2) is 13.7. The molecule has 1 aromatic carbocycles. The van der Waals surface area contributed by atoms with E-state index in [-0.39, 0.29) is 42.0 Å². The highest BCUT2D eigenvalue weighted by atomic mass is 127. The minimum atomic E-state index is -0.265. The van der Waals surface area contributed by atoms with Crippen LogP contribution in [0.2, 0.25) is 0 Å². The zero-order chi connectivity index (χ0) is 21.8. The molecule has 2 rings (SSSR count). The van der Waals surface area contributed by atoms with Gasteiger partial charge in [-0.2, -0.15) is 0 Å². The van der Waals surface area contributed by atoms with Crippen LogP contribution in [-0.4, -0.2) is 49.2 Å². The zero-order valence-corrected chi connectivity index (χ0v) is 20.8. The fourth-order valence-corrected chi connectivity index (χ4v) is 2.46. The number of benzene rings is 1. The molecule has 1 heterocycles. The second-order valence-electron chi connectivity index (χ2n) is 7.59. The Hall–Kier alpha value is -2.56. The van der Waals surface area contributed by atoms with Crippen LogP contribution in [0.25, 0.3) is 0 Å². The monoisotopic (exact) mass is 541 g/mol.